The van der Waals surface area contributed by atoms with E-state index in [0.717, 1.165) is 19.4 Å². The maximum Gasteiger partial charge on any atom is 0.409 e. The molecule has 0 aromatic rings. The smallest absolute Gasteiger partial charge is 0.409 e. The van der Waals surface area contributed by atoms with E-state index in [9.17, 15) is 4.79 Å². The van der Waals surface area contributed by atoms with Crippen molar-refractivity contribution in [1.29, 1.82) is 0 Å². The summed E-state index contributed by atoms with van der Waals surface area (Å²) in [4.78, 5) is 13.5. The Morgan fingerprint density at radius 2 is 2.13 bits per heavy atom. The summed E-state index contributed by atoms with van der Waals surface area (Å²) in [6, 6.07) is 0. The Bertz CT molecular complexity index is 227. The van der Waals surface area contributed by atoms with E-state index >= 15 is 0 Å². The van der Waals surface area contributed by atoms with Crippen molar-refractivity contribution >= 4 is 13.6 Å². The molecule has 0 aliphatic carbocycles. The lowest BCUT2D eigenvalue weighted by Crippen LogP contribution is -2.42. The second kappa shape index (κ2) is 4.88. The first-order valence-electron chi connectivity index (χ1n) is 5.30. The van der Waals surface area contributed by atoms with Gasteiger partial charge in [0.25, 0.3) is 0 Å². The van der Waals surface area contributed by atoms with Gasteiger partial charge in [0.15, 0.2) is 0 Å². The number of rotatable bonds is 2. The Morgan fingerprint density at radius 3 is 2.67 bits per heavy atom. The molecule has 4 nitrogen and oxygen atoms in total. The summed E-state index contributed by atoms with van der Waals surface area (Å²) < 4.78 is 10.3. The van der Waals surface area contributed by atoms with E-state index in [1.165, 1.54) is 0 Å². The molecule has 1 atom stereocenters. The van der Waals surface area contributed by atoms with Crippen molar-refractivity contribution in [3.8, 4) is 0 Å². The summed E-state index contributed by atoms with van der Waals surface area (Å²) in [6.07, 6.45) is 1.70. The first-order chi connectivity index (χ1) is 6.94. The van der Waals surface area contributed by atoms with Crippen LogP contribution in [0.4, 0.5) is 4.79 Å². The first-order valence-corrected chi connectivity index (χ1v) is 5.30. The summed E-state index contributed by atoms with van der Waals surface area (Å²) in [5, 5.41) is 0. The number of hydrogen-bond acceptors (Lipinski definition) is 3. The van der Waals surface area contributed by atoms with Gasteiger partial charge in [-0.05, 0) is 33.6 Å². The van der Waals surface area contributed by atoms with Crippen molar-refractivity contribution in [3.05, 3.63) is 0 Å². The summed E-state index contributed by atoms with van der Waals surface area (Å²) >= 11 is 0. The summed E-state index contributed by atoms with van der Waals surface area (Å²) in [7, 11) is 3.29. The number of amides is 1. The van der Waals surface area contributed by atoms with Gasteiger partial charge >= 0.3 is 13.6 Å². The molecular weight excluding hydrogens is 193 g/mol. The second-order valence-electron chi connectivity index (χ2n) is 4.76. The van der Waals surface area contributed by atoms with Crippen LogP contribution in [0.2, 0.25) is 0 Å². The molecule has 1 saturated heterocycles. The molecule has 1 fully saturated rings. The largest absolute Gasteiger partial charge is 0.444 e. The van der Waals surface area contributed by atoms with Crippen molar-refractivity contribution in [1.82, 2.24) is 4.90 Å². The van der Waals surface area contributed by atoms with E-state index in [0.29, 0.717) is 0 Å². The fourth-order valence-corrected chi connectivity index (χ4v) is 1.64. The summed E-state index contributed by atoms with van der Waals surface area (Å²) in [5.41, 5.74) is -0.433. The Hall–Kier alpha value is -0.705. The molecule has 0 saturated carbocycles. The molecule has 0 N–H and O–H groups in total. The highest BCUT2D eigenvalue weighted by Crippen LogP contribution is 2.19. The van der Waals surface area contributed by atoms with Gasteiger partial charge in [-0.3, -0.25) is 0 Å². The Morgan fingerprint density at radius 1 is 1.47 bits per heavy atom. The van der Waals surface area contributed by atoms with Crippen LogP contribution >= 0.6 is 0 Å². The predicted octanol–water partition coefficient (Wildman–Crippen LogP) is 1.61. The van der Waals surface area contributed by atoms with Crippen LogP contribution in [0, 0.1) is 0 Å². The van der Waals surface area contributed by atoms with Crippen LogP contribution in [-0.2, 0) is 9.39 Å². The van der Waals surface area contributed by atoms with E-state index in [-0.39, 0.29) is 12.0 Å². The zero-order valence-corrected chi connectivity index (χ0v) is 9.95. The van der Waals surface area contributed by atoms with Gasteiger partial charge in [0.2, 0.25) is 0 Å². The molecule has 1 aliphatic heterocycles. The van der Waals surface area contributed by atoms with E-state index in [1.807, 2.05) is 20.8 Å². The maximum atomic E-state index is 11.8. The lowest BCUT2D eigenvalue weighted by atomic mass is 9.86. The Balaban J connectivity index is 2.51. The van der Waals surface area contributed by atoms with Crippen LogP contribution in [0.5, 0.6) is 0 Å². The van der Waals surface area contributed by atoms with Gasteiger partial charge in [-0.2, -0.15) is 0 Å². The average Bonchev–Trinajstić information content (AvgIpc) is 2.49. The molecule has 5 heteroatoms. The van der Waals surface area contributed by atoms with Gasteiger partial charge in [-0.1, -0.05) is 0 Å². The lowest BCUT2D eigenvalue weighted by Gasteiger charge is -2.27. The highest BCUT2D eigenvalue weighted by atomic mass is 16.6. The van der Waals surface area contributed by atoms with E-state index < -0.39 is 5.60 Å². The highest BCUT2D eigenvalue weighted by Gasteiger charge is 2.32. The topological polar surface area (TPSA) is 38.8 Å². The number of carbonyl (C=O) groups is 1. The minimum Gasteiger partial charge on any atom is -0.444 e. The van der Waals surface area contributed by atoms with Crippen molar-refractivity contribution in [2.75, 3.05) is 13.7 Å². The second-order valence-corrected chi connectivity index (χ2v) is 4.76. The molecule has 1 rings (SSSR count). The zero-order valence-electron chi connectivity index (χ0n) is 9.95. The third kappa shape index (κ3) is 3.74. The molecule has 85 valence electrons. The van der Waals surface area contributed by atoms with Crippen molar-refractivity contribution < 1.29 is 14.2 Å². The van der Waals surface area contributed by atoms with E-state index in [2.05, 4.69) is 0 Å². The quantitative estimate of drug-likeness (QED) is 0.652. The average molecular weight is 212 g/mol. The molecule has 15 heavy (non-hydrogen) atoms. The third-order valence-electron chi connectivity index (χ3n) is 2.22. The number of nitrogens with zero attached hydrogens (tertiary/aromatic N) is 1. The van der Waals surface area contributed by atoms with Crippen LogP contribution in [0.1, 0.15) is 33.6 Å². The van der Waals surface area contributed by atoms with Gasteiger partial charge in [0.05, 0.1) is 0 Å². The van der Waals surface area contributed by atoms with E-state index in [1.54, 1.807) is 19.5 Å². The van der Waals surface area contributed by atoms with Crippen LogP contribution in [0.15, 0.2) is 0 Å². The highest BCUT2D eigenvalue weighted by molar-refractivity contribution is 6.30. The third-order valence-corrected chi connectivity index (χ3v) is 2.22. The van der Waals surface area contributed by atoms with Crippen LogP contribution in [0.25, 0.3) is 0 Å². The SMILES string of the molecule is CO[B]C1CCCN1C(=O)OC(C)(C)C. The van der Waals surface area contributed by atoms with Crippen molar-refractivity contribution in [2.45, 2.75) is 45.2 Å². The van der Waals surface area contributed by atoms with Gasteiger partial charge in [-0.25, -0.2) is 4.79 Å². The molecule has 0 spiro atoms. The normalized spacial score (nSPS) is 21.6. The number of likely N-dealkylation sites (tertiary alicyclic amines) is 1. The summed E-state index contributed by atoms with van der Waals surface area (Å²) in [6.45, 7) is 6.36. The molecular formula is C10H19BNO3. The monoisotopic (exact) mass is 212 g/mol. The zero-order chi connectivity index (χ0) is 11.5. The number of carbonyl (C=O) groups excluding carboxylic acids is 1. The molecule has 1 aliphatic rings. The van der Waals surface area contributed by atoms with Gasteiger partial charge in [0, 0.05) is 19.6 Å². The van der Waals surface area contributed by atoms with E-state index in [4.69, 9.17) is 9.39 Å². The minimum atomic E-state index is -0.433. The summed E-state index contributed by atoms with van der Waals surface area (Å²) in [5.74, 6) is 0.0600. The number of ether oxygens (including phenoxy) is 1. The Labute approximate surface area is 92.2 Å². The molecule has 0 aromatic carbocycles. The molecule has 0 aromatic heterocycles. The molecule has 1 unspecified atom stereocenters. The van der Waals surface area contributed by atoms with Crippen LogP contribution in [-0.4, -0.2) is 43.7 Å². The number of hydrogen-bond donors (Lipinski definition) is 0. The van der Waals surface area contributed by atoms with Crippen molar-refractivity contribution in [2.24, 2.45) is 0 Å². The fraction of sp³-hybridized carbons (Fsp3) is 0.900. The van der Waals surface area contributed by atoms with Crippen LogP contribution < -0.4 is 0 Å². The predicted molar refractivity (Wildman–Crippen MR) is 58.7 cm³/mol. The Kier molecular flexibility index (Phi) is 4.02. The van der Waals surface area contributed by atoms with Gasteiger partial charge < -0.3 is 14.3 Å². The van der Waals surface area contributed by atoms with Crippen LogP contribution in [0.3, 0.4) is 0 Å². The molecule has 1 amide bonds. The standard InChI is InChI=1S/C10H19BNO3/c1-10(2,3)15-9(13)12-7-5-6-8(12)11-14-4/h8H,5-7H2,1-4H3. The molecule has 1 heterocycles. The lowest BCUT2D eigenvalue weighted by molar-refractivity contribution is 0.0265. The molecule has 0 bridgehead atoms. The maximum absolute atomic E-state index is 11.8. The van der Waals surface area contributed by atoms with Gasteiger partial charge in [-0.15, -0.1) is 0 Å². The minimum absolute atomic E-state index is 0.0600. The first kappa shape index (κ1) is 12.4. The fourth-order valence-electron chi connectivity index (χ4n) is 1.64. The van der Waals surface area contributed by atoms with Crippen molar-refractivity contribution in [3.63, 3.8) is 0 Å². The van der Waals surface area contributed by atoms with Gasteiger partial charge in [0.1, 0.15) is 5.60 Å². The molecule has 1 radical (unpaired) electrons.